The van der Waals surface area contributed by atoms with Crippen LogP contribution in [0.1, 0.15) is 0 Å². The first-order chi connectivity index (χ1) is 5.77. The number of hydrogen-bond donors (Lipinski definition) is 1. The summed E-state index contributed by atoms with van der Waals surface area (Å²) in [6.45, 7) is 0. The molecular formula is C9H7FN2. The summed E-state index contributed by atoms with van der Waals surface area (Å²) in [7, 11) is 0. The molecule has 2 aromatic rings. The largest absolute Gasteiger partial charge is 0.398 e. The van der Waals surface area contributed by atoms with Gasteiger partial charge in [0.1, 0.15) is 0 Å². The second-order valence-electron chi connectivity index (χ2n) is 2.58. The summed E-state index contributed by atoms with van der Waals surface area (Å²) in [6, 6.07) is 6.74. The number of rotatable bonds is 0. The van der Waals surface area contributed by atoms with E-state index in [0.29, 0.717) is 11.1 Å². The molecule has 1 aromatic carbocycles. The first-order valence-electron chi connectivity index (χ1n) is 3.57. The van der Waals surface area contributed by atoms with Crippen molar-refractivity contribution in [2.45, 2.75) is 0 Å². The second-order valence-corrected chi connectivity index (χ2v) is 2.58. The Kier molecular flexibility index (Phi) is 1.43. The minimum Gasteiger partial charge on any atom is -0.398 e. The summed E-state index contributed by atoms with van der Waals surface area (Å²) < 4.78 is 12.6. The third-order valence-corrected chi connectivity index (χ3v) is 1.76. The maximum atomic E-state index is 12.6. The number of anilines is 1. The van der Waals surface area contributed by atoms with Crippen LogP contribution in [0.25, 0.3) is 10.8 Å². The Morgan fingerprint density at radius 1 is 1.33 bits per heavy atom. The molecule has 2 N–H and O–H groups in total. The molecule has 0 fully saturated rings. The summed E-state index contributed by atoms with van der Waals surface area (Å²) in [4.78, 5) is 3.53. The van der Waals surface area contributed by atoms with E-state index < -0.39 is 5.95 Å². The highest BCUT2D eigenvalue weighted by Crippen LogP contribution is 2.19. The van der Waals surface area contributed by atoms with Crippen LogP contribution in [0, 0.1) is 5.95 Å². The van der Waals surface area contributed by atoms with Crippen LogP contribution in [-0.2, 0) is 0 Å². The lowest BCUT2D eigenvalue weighted by atomic mass is 10.1. The molecule has 2 nitrogen and oxygen atoms in total. The number of benzene rings is 1. The SMILES string of the molecule is Nc1cccc2cnc(F)cc12. The maximum Gasteiger partial charge on any atom is 0.213 e. The van der Waals surface area contributed by atoms with Crippen LogP contribution in [0.2, 0.25) is 0 Å². The number of nitrogens with zero attached hydrogens (tertiary/aromatic N) is 1. The van der Waals surface area contributed by atoms with Crippen LogP contribution in [0.15, 0.2) is 30.5 Å². The average Bonchev–Trinajstić information content (AvgIpc) is 2.07. The smallest absolute Gasteiger partial charge is 0.213 e. The summed E-state index contributed by atoms with van der Waals surface area (Å²) in [5.74, 6) is -0.500. The molecule has 0 radical (unpaired) electrons. The van der Waals surface area contributed by atoms with Crippen molar-refractivity contribution in [3.63, 3.8) is 0 Å². The number of hydrogen-bond acceptors (Lipinski definition) is 2. The van der Waals surface area contributed by atoms with Gasteiger partial charge in [0.05, 0.1) is 0 Å². The topological polar surface area (TPSA) is 38.9 Å². The Morgan fingerprint density at radius 2 is 2.17 bits per heavy atom. The molecule has 0 saturated heterocycles. The molecule has 1 heterocycles. The minimum absolute atomic E-state index is 0.500. The molecular weight excluding hydrogens is 155 g/mol. The molecule has 60 valence electrons. The zero-order valence-corrected chi connectivity index (χ0v) is 6.29. The quantitative estimate of drug-likeness (QED) is 0.475. The molecule has 0 unspecified atom stereocenters. The van der Waals surface area contributed by atoms with E-state index in [9.17, 15) is 4.39 Å². The maximum absolute atomic E-state index is 12.6. The number of aromatic nitrogens is 1. The molecule has 0 aliphatic carbocycles. The standard InChI is InChI=1S/C9H7FN2/c10-9-4-7-6(5-12-9)2-1-3-8(7)11/h1-5H,11H2. The van der Waals surface area contributed by atoms with E-state index in [0.717, 1.165) is 5.39 Å². The van der Waals surface area contributed by atoms with E-state index in [1.54, 1.807) is 6.07 Å². The van der Waals surface area contributed by atoms with Crippen molar-refractivity contribution >= 4 is 16.5 Å². The van der Waals surface area contributed by atoms with Gasteiger partial charge in [-0.05, 0) is 6.07 Å². The van der Waals surface area contributed by atoms with Gasteiger partial charge in [-0.15, -0.1) is 0 Å². The van der Waals surface area contributed by atoms with E-state index >= 15 is 0 Å². The Bertz CT molecular complexity index is 426. The van der Waals surface area contributed by atoms with Gasteiger partial charge in [-0.25, -0.2) is 4.98 Å². The predicted molar refractivity (Wildman–Crippen MR) is 46.1 cm³/mol. The summed E-state index contributed by atoms with van der Waals surface area (Å²) in [6.07, 6.45) is 1.47. The van der Waals surface area contributed by atoms with Gasteiger partial charge in [0, 0.05) is 28.7 Å². The molecule has 3 heteroatoms. The van der Waals surface area contributed by atoms with Gasteiger partial charge < -0.3 is 5.73 Å². The molecule has 0 aliphatic rings. The lowest BCUT2D eigenvalue weighted by molar-refractivity contribution is 0.586. The summed E-state index contributed by atoms with van der Waals surface area (Å²) >= 11 is 0. The van der Waals surface area contributed by atoms with Gasteiger partial charge in [-0.2, -0.15) is 4.39 Å². The first-order valence-corrected chi connectivity index (χ1v) is 3.57. The minimum atomic E-state index is -0.500. The van der Waals surface area contributed by atoms with Crippen molar-refractivity contribution in [2.24, 2.45) is 0 Å². The van der Waals surface area contributed by atoms with Crippen molar-refractivity contribution in [3.05, 3.63) is 36.4 Å². The molecule has 0 amide bonds. The van der Waals surface area contributed by atoms with Crippen molar-refractivity contribution in [2.75, 3.05) is 5.73 Å². The number of nitrogen functional groups attached to an aromatic ring is 1. The fraction of sp³-hybridized carbons (Fsp3) is 0. The van der Waals surface area contributed by atoms with Gasteiger partial charge in [0.25, 0.3) is 0 Å². The highest BCUT2D eigenvalue weighted by molar-refractivity contribution is 5.91. The summed E-state index contributed by atoms with van der Waals surface area (Å²) in [5, 5.41) is 1.57. The molecule has 2 rings (SSSR count). The molecule has 0 aliphatic heterocycles. The van der Waals surface area contributed by atoms with Gasteiger partial charge in [0.15, 0.2) is 0 Å². The number of pyridine rings is 1. The van der Waals surface area contributed by atoms with Gasteiger partial charge in [0.2, 0.25) is 5.95 Å². The average molecular weight is 162 g/mol. The molecule has 0 spiro atoms. The normalized spacial score (nSPS) is 10.4. The van der Waals surface area contributed by atoms with E-state index in [2.05, 4.69) is 4.98 Å². The zero-order valence-electron chi connectivity index (χ0n) is 6.29. The Labute approximate surface area is 68.8 Å². The number of halogens is 1. The Hall–Kier alpha value is -1.64. The van der Waals surface area contributed by atoms with Crippen molar-refractivity contribution < 1.29 is 4.39 Å². The molecule has 0 atom stereocenters. The lowest BCUT2D eigenvalue weighted by Gasteiger charge is -1.99. The van der Waals surface area contributed by atoms with E-state index in [4.69, 9.17) is 5.73 Å². The molecule has 0 bridgehead atoms. The molecule has 1 aromatic heterocycles. The van der Waals surface area contributed by atoms with Gasteiger partial charge in [-0.1, -0.05) is 12.1 Å². The lowest BCUT2D eigenvalue weighted by Crippen LogP contribution is -1.88. The highest BCUT2D eigenvalue weighted by Gasteiger charge is 1.98. The van der Waals surface area contributed by atoms with Gasteiger partial charge >= 0.3 is 0 Å². The van der Waals surface area contributed by atoms with Crippen molar-refractivity contribution in [1.82, 2.24) is 4.98 Å². The van der Waals surface area contributed by atoms with Gasteiger partial charge in [-0.3, -0.25) is 0 Å². The third kappa shape index (κ3) is 0.993. The zero-order chi connectivity index (χ0) is 8.55. The predicted octanol–water partition coefficient (Wildman–Crippen LogP) is 1.96. The highest BCUT2D eigenvalue weighted by atomic mass is 19.1. The number of nitrogens with two attached hydrogens (primary N) is 1. The van der Waals surface area contributed by atoms with Crippen LogP contribution in [0.5, 0.6) is 0 Å². The molecule has 0 saturated carbocycles. The summed E-state index contributed by atoms with van der Waals surface area (Å²) in [5.41, 5.74) is 6.21. The van der Waals surface area contributed by atoms with E-state index in [1.807, 2.05) is 12.1 Å². The fourth-order valence-corrected chi connectivity index (χ4v) is 1.17. The van der Waals surface area contributed by atoms with E-state index in [-0.39, 0.29) is 0 Å². The monoisotopic (exact) mass is 162 g/mol. The van der Waals surface area contributed by atoms with Crippen LogP contribution in [-0.4, -0.2) is 4.98 Å². The molecule has 12 heavy (non-hydrogen) atoms. The number of fused-ring (bicyclic) bond motifs is 1. The second kappa shape index (κ2) is 2.44. The van der Waals surface area contributed by atoms with Crippen LogP contribution < -0.4 is 5.73 Å². The van der Waals surface area contributed by atoms with Crippen LogP contribution in [0.3, 0.4) is 0 Å². The van der Waals surface area contributed by atoms with Crippen molar-refractivity contribution in [1.29, 1.82) is 0 Å². The van der Waals surface area contributed by atoms with Crippen LogP contribution in [0.4, 0.5) is 10.1 Å². The fourth-order valence-electron chi connectivity index (χ4n) is 1.17. The Balaban J connectivity index is 2.88. The first kappa shape index (κ1) is 7.03. The van der Waals surface area contributed by atoms with Crippen LogP contribution >= 0.6 is 0 Å². The Morgan fingerprint density at radius 3 is 3.00 bits per heavy atom. The van der Waals surface area contributed by atoms with Crippen molar-refractivity contribution in [3.8, 4) is 0 Å². The van der Waals surface area contributed by atoms with E-state index in [1.165, 1.54) is 12.3 Å². The third-order valence-electron chi connectivity index (χ3n) is 1.76.